The van der Waals surface area contributed by atoms with Crippen molar-refractivity contribution in [2.75, 3.05) is 13.7 Å². The van der Waals surface area contributed by atoms with Gasteiger partial charge in [-0.15, -0.1) is 0 Å². The van der Waals surface area contributed by atoms with Crippen LogP contribution in [0.5, 0.6) is 0 Å². The quantitative estimate of drug-likeness (QED) is 0.751. The van der Waals surface area contributed by atoms with E-state index in [4.69, 9.17) is 9.26 Å². The Hall–Kier alpha value is -1.43. The highest BCUT2D eigenvalue weighted by Crippen LogP contribution is 2.20. The SMILES string of the molecule is COC(=O)[C@@H]1CCCN1Cc1noc(CC(C)C)n1. The van der Waals surface area contributed by atoms with Gasteiger partial charge in [0.25, 0.3) is 0 Å². The van der Waals surface area contributed by atoms with Gasteiger partial charge < -0.3 is 9.26 Å². The molecule has 0 aliphatic carbocycles. The molecule has 106 valence electrons. The second-order valence-electron chi connectivity index (χ2n) is 5.35. The second kappa shape index (κ2) is 6.14. The van der Waals surface area contributed by atoms with Gasteiger partial charge in [-0.25, -0.2) is 0 Å². The van der Waals surface area contributed by atoms with Crippen molar-refractivity contribution < 1.29 is 14.1 Å². The van der Waals surface area contributed by atoms with Crippen molar-refractivity contribution >= 4 is 5.97 Å². The zero-order chi connectivity index (χ0) is 13.8. The molecule has 6 heteroatoms. The molecule has 6 nitrogen and oxygen atoms in total. The molecular formula is C13H21N3O3. The van der Waals surface area contributed by atoms with Crippen LogP contribution in [-0.2, 0) is 22.5 Å². The smallest absolute Gasteiger partial charge is 0.323 e. The molecule has 2 heterocycles. The summed E-state index contributed by atoms with van der Waals surface area (Å²) in [6.07, 6.45) is 2.62. The minimum Gasteiger partial charge on any atom is -0.468 e. The van der Waals surface area contributed by atoms with Crippen molar-refractivity contribution in [3.8, 4) is 0 Å². The number of hydrogen-bond donors (Lipinski definition) is 0. The average Bonchev–Trinajstić information content (AvgIpc) is 2.98. The van der Waals surface area contributed by atoms with Gasteiger partial charge in [0.1, 0.15) is 6.04 Å². The summed E-state index contributed by atoms with van der Waals surface area (Å²) in [5.41, 5.74) is 0. The number of nitrogens with zero attached hydrogens (tertiary/aromatic N) is 3. The topological polar surface area (TPSA) is 68.5 Å². The minimum atomic E-state index is -0.177. The number of aromatic nitrogens is 2. The lowest BCUT2D eigenvalue weighted by Gasteiger charge is -2.20. The highest BCUT2D eigenvalue weighted by atomic mass is 16.5. The molecule has 19 heavy (non-hydrogen) atoms. The number of likely N-dealkylation sites (tertiary alicyclic amines) is 1. The average molecular weight is 267 g/mol. The van der Waals surface area contributed by atoms with E-state index in [1.807, 2.05) is 0 Å². The van der Waals surface area contributed by atoms with E-state index in [1.54, 1.807) is 0 Å². The third-order valence-electron chi connectivity index (χ3n) is 3.27. The maximum absolute atomic E-state index is 11.6. The van der Waals surface area contributed by atoms with E-state index in [2.05, 4.69) is 28.9 Å². The Morgan fingerprint density at radius 1 is 1.58 bits per heavy atom. The van der Waals surface area contributed by atoms with Crippen LogP contribution in [0.2, 0.25) is 0 Å². The lowest BCUT2D eigenvalue weighted by molar-refractivity contribution is -0.146. The molecule has 0 N–H and O–H groups in total. The largest absolute Gasteiger partial charge is 0.468 e. The first-order chi connectivity index (χ1) is 9.10. The summed E-state index contributed by atoms with van der Waals surface area (Å²) in [6.45, 7) is 5.63. The molecule has 1 aliphatic heterocycles. The van der Waals surface area contributed by atoms with E-state index in [0.717, 1.165) is 25.8 Å². The van der Waals surface area contributed by atoms with Crippen LogP contribution in [0, 0.1) is 5.92 Å². The number of methoxy groups -OCH3 is 1. The van der Waals surface area contributed by atoms with Crippen LogP contribution in [0.25, 0.3) is 0 Å². The van der Waals surface area contributed by atoms with Gasteiger partial charge in [0.15, 0.2) is 5.82 Å². The van der Waals surface area contributed by atoms with Crippen molar-refractivity contribution in [1.82, 2.24) is 15.0 Å². The summed E-state index contributed by atoms with van der Waals surface area (Å²) in [5, 5.41) is 3.97. The Bertz CT molecular complexity index is 431. The maximum atomic E-state index is 11.6. The van der Waals surface area contributed by atoms with E-state index < -0.39 is 0 Å². The molecule has 1 aromatic heterocycles. The van der Waals surface area contributed by atoms with Crippen LogP contribution < -0.4 is 0 Å². The van der Waals surface area contributed by atoms with E-state index in [1.165, 1.54) is 7.11 Å². The van der Waals surface area contributed by atoms with Crippen LogP contribution in [0.3, 0.4) is 0 Å². The highest BCUT2D eigenvalue weighted by molar-refractivity contribution is 5.75. The number of hydrogen-bond acceptors (Lipinski definition) is 6. The predicted octanol–water partition coefficient (Wildman–Crippen LogP) is 1.41. The van der Waals surface area contributed by atoms with Crippen molar-refractivity contribution in [3.63, 3.8) is 0 Å². The molecular weight excluding hydrogens is 246 g/mol. The number of ether oxygens (including phenoxy) is 1. The standard InChI is InChI=1S/C13H21N3O3/c1-9(2)7-12-14-11(15-19-12)8-16-6-4-5-10(16)13(17)18-3/h9-10H,4-8H2,1-3H3/t10-/m0/s1. The Morgan fingerprint density at radius 2 is 2.37 bits per heavy atom. The molecule has 1 aliphatic rings. The maximum Gasteiger partial charge on any atom is 0.323 e. The number of rotatable bonds is 5. The van der Waals surface area contributed by atoms with Crippen LogP contribution >= 0.6 is 0 Å². The second-order valence-corrected chi connectivity index (χ2v) is 5.35. The zero-order valence-electron chi connectivity index (χ0n) is 11.8. The summed E-state index contributed by atoms with van der Waals surface area (Å²) in [7, 11) is 1.42. The monoisotopic (exact) mass is 267 g/mol. The van der Waals surface area contributed by atoms with Gasteiger partial charge in [0.05, 0.1) is 13.7 Å². The van der Waals surface area contributed by atoms with Gasteiger partial charge in [-0.1, -0.05) is 19.0 Å². The van der Waals surface area contributed by atoms with Gasteiger partial charge in [0.2, 0.25) is 5.89 Å². The highest BCUT2D eigenvalue weighted by Gasteiger charge is 2.32. The first kappa shape index (κ1) is 14.0. The van der Waals surface area contributed by atoms with E-state index in [-0.39, 0.29) is 12.0 Å². The molecule has 0 aromatic carbocycles. The molecule has 1 fully saturated rings. The Morgan fingerprint density at radius 3 is 3.05 bits per heavy atom. The number of esters is 1. The van der Waals surface area contributed by atoms with Gasteiger partial charge in [-0.2, -0.15) is 4.98 Å². The van der Waals surface area contributed by atoms with Crippen molar-refractivity contribution in [2.45, 2.75) is 45.7 Å². The van der Waals surface area contributed by atoms with E-state index in [9.17, 15) is 4.79 Å². The Kier molecular flexibility index (Phi) is 4.52. The molecule has 1 aromatic rings. The fraction of sp³-hybridized carbons (Fsp3) is 0.769. The fourth-order valence-electron chi connectivity index (χ4n) is 2.39. The molecule has 0 radical (unpaired) electrons. The Labute approximate surface area is 113 Å². The van der Waals surface area contributed by atoms with Crippen LogP contribution in [-0.4, -0.2) is 40.7 Å². The first-order valence-corrected chi connectivity index (χ1v) is 6.73. The normalized spacial score (nSPS) is 20.1. The number of carbonyl (C=O) groups excluding carboxylic acids is 1. The molecule has 0 amide bonds. The molecule has 0 unspecified atom stereocenters. The van der Waals surface area contributed by atoms with Crippen molar-refractivity contribution in [2.24, 2.45) is 5.92 Å². The lowest BCUT2D eigenvalue weighted by atomic mass is 10.1. The molecule has 2 rings (SSSR count). The van der Waals surface area contributed by atoms with Gasteiger partial charge in [-0.3, -0.25) is 9.69 Å². The molecule has 1 atom stereocenters. The third kappa shape index (κ3) is 3.53. The minimum absolute atomic E-state index is 0.169. The zero-order valence-corrected chi connectivity index (χ0v) is 11.8. The summed E-state index contributed by atoms with van der Waals surface area (Å²) >= 11 is 0. The van der Waals surface area contributed by atoms with Gasteiger partial charge in [0, 0.05) is 6.42 Å². The van der Waals surface area contributed by atoms with E-state index >= 15 is 0 Å². The first-order valence-electron chi connectivity index (χ1n) is 6.73. The third-order valence-corrected chi connectivity index (χ3v) is 3.27. The van der Waals surface area contributed by atoms with Gasteiger partial charge >= 0.3 is 5.97 Å². The summed E-state index contributed by atoms with van der Waals surface area (Å²) in [4.78, 5) is 18.1. The van der Waals surface area contributed by atoms with Gasteiger partial charge in [-0.05, 0) is 25.3 Å². The van der Waals surface area contributed by atoms with Crippen molar-refractivity contribution in [1.29, 1.82) is 0 Å². The molecule has 1 saturated heterocycles. The summed E-state index contributed by atoms with van der Waals surface area (Å²) in [5.74, 6) is 1.62. The van der Waals surface area contributed by atoms with Crippen molar-refractivity contribution in [3.05, 3.63) is 11.7 Å². The predicted molar refractivity (Wildman–Crippen MR) is 68.3 cm³/mol. The summed E-state index contributed by atoms with van der Waals surface area (Å²) < 4.78 is 10.0. The van der Waals surface area contributed by atoms with Crippen LogP contribution in [0.15, 0.2) is 4.52 Å². The van der Waals surface area contributed by atoms with Crippen LogP contribution in [0.4, 0.5) is 0 Å². The lowest BCUT2D eigenvalue weighted by Crippen LogP contribution is -2.36. The molecule has 0 saturated carbocycles. The van der Waals surface area contributed by atoms with Crippen LogP contribution in [0.1, 0.15) is 38.4 Å². The fourth-order valence-corrected chi connectivity index (χ4v) is 2.39. The summed E-state index contributed by atoms with van der Waals surface area (Å²) in [6, 6.07) is -0.169. The Balaban J connectivity index is 1.96. The molecule has 0 bridgehead atoms. The van der Waals surface area contributed by atoms with E-state index in [0.29, 0.717) is 24.2 Å². The molecule has 0 spiro atoms. The number of carbonyl (C=O) groups is 1.